The van der Waals surface area contributed by atoms with Crippen molar-refractivity contribution in [1.29, 1.82) is 5.26 Å². The topological polar surface area (TPSA) is 70.1 Å². The van der Waals surface area contributed by atoms with E-state index in [1.54, 1.807) is 17.0 Å². The number of benzene rings is 1. The van der Waals surface area contributed by atoms with Gasteiger partial charge >= 0.3 is 5.91 Å². The van der Waals surface area contributed by atoms with Crippen LogP contribution in [-0.2, 0) is 4.79 Å². The highest BCUT2D eigenvalue weighted by molar-refractivity contribution is 6.52. The first-order valence-electron chi connectivity index (χ1n) is 7.70. The number of carbonyl (C=O) groups excluding carboxylic acids is 2. The van der Waals surface area contributed by atoms with Gasteiger partial charge in [-0.1, -0.05) is 12.1 Å². The van der Waals surface area contributed by atoms with E-state index in [4.69, 9.17) is 5.26 Å². The van der Waals surface area contributed by atoms with E-state index in [1.165, 1.54) is 9.80 Å². The lowest BCUT2D eigenvalue weighted by molar-refractivity contribution is -1.01. The van der Waals surface area contributed by atoms with Crippen molar-refractivity contribution in [3.8, 4) is 6.07 Å². The van der Waals surface area contributed by atoms with Crippen molar-refractivity contribution in [3.05, 3.63) is 29.8 Å². The Bertz CT molecular complexity index is 629. The maximum atomic E-state index is 12.2. The number of piperazine rings is 1. The molecule has 22 heavy (non-hydrogen) atoms. The van der Waals surface area contributed by atoms with E-state index in [9.17, 15) is 9.59 Å². The van der Waals surface area contributed by atoms with E-state index in [0.717, 1.165) is 38.4 Å². The number of quaternary nitrogens is 2. The average molecular weight is 300 g/mol. The molecule has 6 heteroatoms. The summed E-state index contributed by atoms with van der Waals surface area (Å²) in [5, 5.41) is 8.64. The number of carbonyl (C=O) groups is 2. The zero-order valence-electron chi connectivity index (χ0n) is 12.5. The van der Waals surface area contributed by atoms with Crippen LogP contribution in [0.4, 0.5) is 5.69 Å². The number of fused-ring (bicyclic) bond motifs is 1. The van der Waals surface area contributed by atoms with Gasteiger partial charge in [0.25, 0.3) is 5.78 Å². The van der Waals surface area contributed by atoms with Crippen LogP contribution in [0, 0.1) is 11.3 Å². The number of anilines is 1. The molecule has 0 unspecified atom stereocenters. The van der Waals surface area contributed by atoms with Crippen LogP contribution in [0.2, 0.25) is 0 Å². The Labute approximate surface area is 129 Å². The number of hydrogen-bond acceptors (Lipinski definition) is 3. The van der Waals surface area contributed by atoms with E-state index in [2.05, 4.69) is 6.07 Å². The van der Waals surface area contributed by atoms with Gasteiger partial charge in [0, 0.05) is 0 Å². The van der Waals surface area contributed by atoms with Crippen LogP contribution in [-0.4, -0.2) is 51.1 Å². The Kier molecular flexibility index (Phi) is 4.18. The number of amides is 1. The molecular formula is C16H20N4O2+2. The summed E-state index contributed by atoms with van der Waals surface area (Å²) < 4.78 is 0. The molecule has 114 valence electrons. The van der Waals surface area contributed by atoms with Crippen LogP contribution >= 0.6 is 0 Å². The Morgan fingerprint density at radius 1 is 1.09 bits per heavy atom. The van der Waals surface area contributed by atoms with Gasteiger partial charge in [-0.15, -0.1) is 0 Å². The molecule has 6 nitrogen and oxygen atoms in total. The number of nitrogens with one attached hydrogen (secondary N) is 2. The molecule has 1 fully saturated rings. The SMILES string of the molecule is N#CCC[NH+]1CC[NH+](CN2C(=O)C(=O)c3ccccc32)CC1. The van der Waals surface area contributed by atoms with Crippen molar-refractivity contribution >= 4 is 17.4 Å². The standard InChI is InChI=1S/C16H18N4O2/c17-6-3-7-18-8-10-19(11-9-18)12-20-14-5-2-1-4-13(14)15(21)16(20)22/h1-2,4-5H,3,7-12H2/p+2. The molecule has 0 aliphatic carbocycles. The molecule has 2 heterocycles. The van der Waals surface area contributed by atoms with Crippen molar-refractivity contribution in [2.75, 3.05) is 44.3 Å². The van der Waals surface area contributed by atoms with Gasteiger partial charge in [0.2, 0.25) is 0 Å². The third kappa shape index (κ3) is 2.73. The molecule has 0 aromatic heterocycles. The van der Waals surface area contributed by atoms with Gasteiger partial charge in [-0.3, -0.25) is 14.5 Å². The Morgan fingerprint density at radius 2 is 1.77 bits per heavy atom. The predicted octanol–water partition coefficient (Wildman–Crippen LogP) is -2.13. The number of hydrogen-bond donors (Lipinski definition) is 2. The van der Waals surface area contributed by atoms with Crippen LogP contribution in [0.25, 0.3) is 0 Å². The van der Waals surface area contributed by atoms with Gasteiger partial charge in [0.05, 0.1) is 30.3 Å². The molecule has 0 saturated carbocycles. The molecule has 1 aromatic carbocycles. The monoisotopic (exact) mass is 300 g/mol. The van der Waals surface area contributed by atoms with Gasteiger partial charge in [-0.2, -0.15) is 5.26 Å². The molecular weight excluding hydrogens is 280 g/mol. The molecule has 1 amide bonds. The summed E-state index contributed by atoms with van der Waals surface area (Å²) in [5.41, 5.74) is 1.26. The quantitative estimate of drug-likeness (QED) is 0.624. The number of ketones is 1. The smallest absolute Gasteiger partial charge is 0.303 e. The fraction of sp³-hybridized carbons (Fsp3) is 0.438. The summed E-state index contributed by atoms with van der Waals surface area (Å²) in [5.74, 6) is -0.804. The van der Waals surface area contributed by atoms with E-state index in [-0.39, 0.29) is 0 Å². The van der Waals surface area contributed by atoms with E-state index >= 15 is 0 Å². The number of rotatable bonds is 4. The number of nitriles is 1. The lowest BCUT2D eigenvalue weighted by Gasteiger charge is -2.31. The number of nitrogens with zero attached hydrogens (tertiary/aromatic N) is 2. The minimum absolute atomic E-state index is 0.395. The summed E-state index contributed by atoms with van der Waals surface area (Å²) >= 11 is 0. The van der Waals surface area contributed by atoms with Gasteiger partial charge < -0.3 is 9.80 Å². The van der Waals surface area contributed by atoms with Crippen molar-refractivity contribution in [3.63, 3.8) is 0 Å². The second-order valence-corrected chi connectivity index (χ2v) is 5.90. The normalized spacial score (nSPS) is 24.2. The van der Waals surface area contributed by atoms with Crippen LogP contribution in [0.3, 0.4) is 0 Å². The molecule has 2 aliphatic rings. The van der Waals surface area contributed by atoms with Gasteiger partial charge in [-0.05, 0) is 12.1 Å². The highest BCUT2D eigenvalue weighted by Crippen LogP contribution is 2.27. The predicted molar refractivity (Wildman–Crippen MR) is 79.6 cm³/mol. The van der Waals surface area contributed by atoms with E-state index in [0.29, 0.717) is 18.7 Å². The molecule has 0 bridgehead atoms. The Morgan fingerprint density at radius 3 is 2.50 bits per heavy atom. The second kappa shape index (κ2) is 6.26. The first-order valence-corrected chi connectivity index (χ1v) is 7.70. The van der Waals surface area contributed by atoms with E-state index < -0.39 is 11.7 Å². The number of Topliss-reactive ketones (excluding diaryl/α,β-unsaturated/α-hetero) is 1. The van der Waals surface area contributed by atoms with E-state index in [1.807, 2.05) is 12.1 Å². The second-order valence-electron chi connectivity index (χ2n) is 5.90. The van der Waals surface area contributed by atoms with Crippen molar-refractivity contribution in [2.45, 2.75) is 6.42 Å². The van der Waals surface area contributed by atoms with Crippen LogP contribution in [0.1, 0.15) is 16.8 Å². The minimum atomic E-state index is -0.409. The fourth-order valence-corrected chi connectivity index (χ4v) is 3.23. The molecule has 3 rings (SSSR count). The molecule has 1 saturated heterocycles. The van der Waals surface area contributed by atoms with Gasteiger partial charge in [-0.25, -0.2) is 0 Å². The Hall–Kier alpha value is -2.23. The lowest BCUT2D eigenvalue weighted by Crippen LogP contribution is -3.28. The summed E-state index contributed by atoms with van der Waals surface area (Å²) in [4.78, 5) is 28.5. The first-order chi connectivity index (χ1) is 10.7. The van der Waals surface area contributed by atoms with Crippen molar-refractivity contribution in [1.82, 2.24) is 0 Å². The third-order valence-corrected chi connectivity index (χ3v) is 4.52. The molecule has 0 atom stereocenters. The van der Waals surface area contributed by atoms with Crippen LogP contribution in [0.15, 0.2) is 24.3 Å². The molecule has 2 N–H and O–H groups in total. The molecule has 2 aliphatic heterocycles. The summed E-state index contributed by atoms with van der Waals surface area (Å²) in [7, 11) is 0. The summed E-state index contributed by atoms with van der Waals surface area (Å²) in [6.07, 6.45) is 0.594. The van der Waals surface area contributed by atoms with Crippen molar-refractivity contribution in [2.24, 2.45) is 0 Å². The molecule has 0 radical (unpaired) electrons. The highest BCUT2D eigenvalue weighted by atomic mass is 16.2. The van der Waals surface area contributed by atoms with Gasteiger partial charge in [0.1, 0.15) is 26.2 Å². The lowest BCUT2D eigenvalue weighted by atomic mass is 10.1. The zero-order chi connectivity index (χ0) is 15.5. The average Bonchev–Trinajstić information content (AvgIpc) is 2.80. The van der Waals surface area contributed by atoms with Crippen molar-refractivity contribution < 1.29 is 19.4 Å². The Balaban J connectivity index is 1.62. The summed E-state index contributed by atoms with van der Waals surface area (Å²) in [6, 6.07) is 9.39. The maximum absolute atomic E-state index is 12.2. The zero-order valence-corrected chi connectivity index (χ0v) is 12.5. The first kappa shape index (κ1) is 14.7. The number of para-hydroxylation sites is 1. The maximum Gasteiger partial charge on any atom is 0.303 e. The molecule has 0 spiro atoms. The highest BCUT2D eigenvalue weighted by Gasteiger charge is 2.38. The minimum Gasteiger partial charge on any atom is -0.325 e. The third-order valence-electron chi connectivity index (χ3n) is 4.52. The summed E-state index contributed by atoms with van der Waals surface area (Å²) in [6.45, 7) is 5.38. The molecule has 1 aromatic rings. The largest absolute Gasteiger partial charge is 0.325 e. The fourth-order valence-electron chi connectivity index (χ4n) is 3.23. The van der Waals surface area contributed by atoms with Gasteiger partial charge in [0.15, 0.2) is 6.67 Å². The van der Waals surface area contributed by atoms with Crippen LogP contribution in [0.5, 0.6) is 0 Å². The van der Waals surface area contributed by atoms with Crippen LogP contribution < -0.4 is 14.7 Å².